The van der Waals surface area contributed by atoms with E-state index in [1.165, 1.54) is 18.2 Å². The summed E-state index contributed by atoms with van der Waals surface area (Å²) < 4.78 is 0. The van der Waals surface area contributed by atoms with Gasteiger partial charge in [-0.3, -0.25) is 4.79 Å². The lowest BCUT2D eigenvalue weighted by molar-refractivity contribution is 0.0687. The van der Waals surface area contributed by atoms with Crippen LogP contribution < -0.4 is 0 Å². The Hall–Kier alpha value is -1.84. The molecule has 1 aromatic carbocycles. The molecule has 0 bridgehead atoms. The molecule has 4 heteroatoms. The minimum atomic E-state index is -1.29. The van der Waals surface area contributed by atoms with Crippen LogP contribution in [0.3, 0.4) is 0 Å². The maximum atomic E-state index is 11.6. The smallest absolute Gasteiger partial charge is 0.340 e. The van der Waals surface area contributed by atoms with Crippen molar-refractivity contribution in [2.24, 2.45) is 5.92 Å². The summed E-state index contributed by atoms with van der Waals surface area (Å²) in [5.41, 5.74) is -0.270. The van der Waals surface area contributed by atoms with E-state index in [1.54, 1.807) is 13.8 Å². The van der Waals surface area contributed by atoms with Crippen molar-refractivity contribution in [3.05, 3.63) is 29.3 Å². The monoisotopic (exact) mass is 208 g/mol. The number of aromatic carboxylic acids is 1. The number of benzene rings is 1. The summed E-state index contributed by atoms with van der Waals surface area (Å²) in [4.78, 5) is 22.5. The first-order chi connectivity index (χ1) is 6.95. The molecule has 0 aromatic heterocycles. The van der Waals surface area contributed by atoms with Crippen molar-refractivity contribution >= 4 is 11.8 Å². The SMILES string of the molecule is CC(C)C(=O)c1cccc(O)c1C(=O)O. The second-order valence-electron chi connectivity index (χ2n) is 3.52. The average Bonchev–Trinajstić information content (AvgIpc) is 2.15. The number of aromatic hydroxyl groups is 1. The fourth-order valence-electron chi connectivity index (χ4n) is 1.28. The van der Waals surface area contributed by atoms with Gasteiger partial charge in [-0.25, -0.2) is 4.79 Å². The van der Waals surface area contributed by atoms with Gasteiger partial charge in [0, 0.05) is 11.5 Å². The van der Waals surface area contributed by atoms with Crippen LogP contribution in [0, 0.1) is 5.92 Å². The molecule has 0 radical (unpaired) electrons. The van der Waals surface area contributed by atoms with Gasteiger partial charge in [0.2, 0.25) is 0 Å². The lowest BCUT2D eigenvalue weighted by Gasteiger charge is -2.08. The van der Waals surface area contributed by atoms with Gasteiger partial charge in [0.1, 0.15) is 11.3 Å². The summed E-state index contributed by atoms with van der Waals surface area (Å²) in [5, 5.41) is 18.2. The first kappa shape index (κ1) is 11.2. The van der Waals surface area contributed by atoms with Gasteiger partial charge in [0.25, 0.3) is 0 Å². The predicted molar refractivity (Wildman–Crippen MR) is 54.2 cm³/mol. The van der Waals surface area contributed by atoms with Crippen LogP contribution in [0.4, 0.5) is 0 Å². The fourth-order valence-corrected chi connectivity index (χ4v) is 1.28. The summed E-state index contributed by atoms with van der Waals surface area (Å²) in [7, 11) is 0. The van der Waals surface area contributed by atoms with Gasteiger partial charge < -0.3 is 10.2 Å². The van der Waals surface area contributed by atoms with Gasteiger partial charge >= 0.3 is 5.97 Å². The first-order valence-corrected chi connectivity index (χ1v) is 4.54. The number of carbonyl (C=O) groups is 2. The molecular weight excluding hydrogens is 196 g/mol. The molecule has 0 aliphatic heterocycles. The fraction of sp³-hybridized carbons (Fsp3) is 0.273. The van der Waals surface area contributed by atoms with E-state index in [-0.39, 0.29) is 28.6 Å². The van der Waals surface area contributed by atoms with Crippen LogP contribution in [-0.2, 0) is 0 Å². The zero-order valence-corrected chi connectivity index (χ0v) is 8.52. The zero-order valence-electron chi connectivity index (χ0n) is 8.52. The van der Waals surface area contributed by atoms with Crippen molar-refractivity contribution in [3.8, 4) is 5.75 Å². The third kappa shape index (κ3) is 2.15. The Morgan fingerprint density at radius 2 is 1.87 bits per heavy atom. The molecule has 0 atom stereocenters. The van der Waals surface area contributed by atoms with Crippen molar-refractivity contribution < 1.29 is 19.8 Å². The molecule has 1 rings (SSSR count). The molecule has 0 fully saturated rings. The van der Waals surface area contributed by atoms with Crippen molar-refractivity contribution in [2.75, 3.05) is 0 Å². The predicted octanol–water partition coefficient (Wildman–Crippen LogP) is 1.93. The lowest BCUT2D eigenvalue weighted by Crippen LogP contribution is -2.13. The maximum absolute atomic E-state index is 11.6. The number of rotatable bonds is 3. The third-order valence-corrected chi connectivity index (χ3v) is 2.05. The number of carboxylic acid groups (broad SMARTS) is 1. The van der Waals surface area contributed by atoms with E-state index in [0.717, 1.165) is 0 Å². The van der Waals surface area contributed by atoms with Crippen molar-refractivity contribution in [2.45, 2.75) is 13.8 Å². The van der Waals surface area contributed by atoms with E-state index in [2.05, 4.69) is 0 Å². The van der Waals surface area contributed by atoms with Gasteiger partial charge in [-0.05, 0) is 6.07 Å². The van der Waals surface area contributed by atoms with Crippen LogP contribution in [-0.4, -0.2) is 22.0 Å². The number of phenols is 1. The minimum Gasteiger partial charge on any atom is -0.507 e. The van der Waals surface area contributed by atoms with Crippen LogP contribution in [0.2, 0.25) is 0 Å². The normalized spacial score (nSPS) is 10.3. The summed E-state index contributed by atoms with van der Waals surface area (Å²) in [5.74, 6) is -2.26. The third-order valence-electron chi connectivity index (χ3n) is 2.05. The van der Waals surface area contributed by atoms with Crippen molar-refractivity contribution in [3.63, 3.8) is 0 Å². The molecule has 0 aliphatic rings. The second kappa shape index (κ2) is 4.13. The molecule has 0 unspecified atom stereocenters. The molecule has 15 heavy (non-hydrogen) atoms. The highest BCUT2D eigenvalue weighted by Crippen LogP contribution is 2.23. The molecule has 0 saturated carbocycles. The van der Waals surface area contributed by atoms with Crippen LogP contribution in [0.15, 0.2) is 18.2 Å². The molecule has 0 heterocycles. The lowest BCUT2D eigenvalue weighted by atomic mass is 9.96. The topological polar surface area (TPSA) is 74.6 Å². The first-order valence-electron chi connectivity index (χ1n) is 4.54. The van der Waals surface area contributed by atoms with Gasteiger partial charge in [-0.15, -0.1) is 0 Å². The van der Waals surface area contributed by atoms with E-state index in [4.69, 9.17) is 5.11 Å². The molecule has 2 N–H and O–H groups in total. The van der Waals surface area contributed by atoms with Crippen LogP contribution in [0.5, 0.6) is 5.75 Å². The van der Waals surface area contributed by atoms with E-state index in [9.17, 15) is 14.7 Å². The Balaban J connectivity index is 3.35. The Morgan fingerprint density at radius 1 is 1.27 bits per heavy atom. The Labute approximate surface area is 87.2 Å². The van der Waals surface area contributed by atoms with Crippen LogP contribution >= 0.6 is 0 Å². The highest BCUT2D eigenvalue weighted by Gasteiger charge is 2.21. The Morgan fingerprint density at radius 3 is 2.33 bits per heavy atom. The summed E-state index contributed by atoms with van der Waals surface area (Å²) in [6, 6.07) is 4.11. The van der Waals surface area contributed by atoms with E-state index in [1.807, 2.05) is 0 Å². The molecule has 0 amide bonds. The summed E-state index contributed by atoms with van der Waals surface area (Å²) in [6.45, 7) is 3.36. The van der Waals surface area contributed by atoms with Crippen molar-refractivity contribution in [1.29, 1.82) is 0 Å². The second-order valence-corrected chi connectivity index (χ2v) is 3.52. The maximum Gasteiger partial charge on any atom is 0.340 e. The number of carboxylic acids is 1. The molecule has 80 valence electrons. The van der Waals surface area contributed by atoms with Gasteiger partial charge in [0.15, 0.2) is 5.78 Å². The highest BCUT2D eigenvalue weighted by atomic mass is 16.4. The summed E-state index contributed by atoms with van der Waals surface area (Å²) >= 11 is 0. The molecule has 1 aromatic rings. The largest absolute Gasteiger partial charge is 0.507 e. The van der Waals surface area contributed by atoms with E-state index in [0.29, 0.717) is 0 Å². The quantitative estimate of drug-likeness (QED) is 0.744. The minimum absolute atomic E-state index is 0.0532. The number of hydrogen-bond acceptors (Lipinski definition) is 3. The van der Waals surface area contributed by atoms with Crippen LogP contribution in [0.25, 0.3) is 0 Å². The summed E-state index contributed by atoms with van der Waals surface area (Å²) in [6.07, 6.45) is 0. The van der Waals surface area contributed by atoms with Gasteiger partial charge in [-0.2, -0.15) is 0 Å². The molecule has 4 nitrogen and oxygen atoms in total. The molecular formula is C11H12O4. The van der Waals surface area contributed by atoms with Gasteiger partial charge in [0.05, 0.1) is 0 Å². The van der Waals surface area contributed by atoms with E-state index >= 15 is 0 Å². The Bertz CT molecular complexity index is 407. The average molecular weight is 208 g/mol. The number of Topliss-reactive ketones (excluding diaryl/α,β-unsaturated/α-hetero) is 1. The van der Waals surface area contributed by atoms with Gasteiger partial charge in [-0.1, -0.05) is 26.0 Å². The molecule has 0 spiro atoms. The van der Waals surface area contributed by atoms with Crippen LogP contribution in [0.1, 0.15) is 34.6 Å². The molecule has 0 saturated heterocycles. The zero-order chi connectivity index (χ0) is 11.6. The number of ketones is 1. The highest BCUT2D eigenvalue weighted by molar-refractivity contribution is 6.08. The van der Waals surface area contributed by atoms with Crippen molar-refractivity contribution in [1.82, 2.24) is 0 Å². The standard InChI is InChI=1S/C11H12O4/c1-6(2)10(13)7-4-3-5-8(12)9(7)11(14)15/h3-6,12H,1-2H3,(H,14,15). The Kier molecular flexibility index (Phi) is 3.09. The van der Waals surface area contributed by atoms with E-state index < -0.39 is 5.97 Å². The number of hydrogen-bond donors (Lipinski definition) is 2. The number of carbonyl (C=O) groups excluding carboxylic acids is 1. The molecule has 0 aliphatic carbocycles.